The number of carbonyl (C=O) groups excluding carboxylic acids is 2. The van der Waals surface area contributed by atoms with Crippen LogP contribution < -0.4 is 10.0 Å². The van der Waals surface area contributed by atoms with Gasteiger partial charge in [0.15, 0.2) is 5.69 Å². The van der Waals surface area contributed by atoms with Crippen molar-refractivity contribution >= 4 is 33.5 Å². The van der Waals surface area contributed by atoms with Crippen molar-refractivity contribution in [2.24, 2.45) is 0 Å². The van der Waals surface area contributed by atoms with Crippen LogP contribution in [0.5, 0.6) is 0 Å². The van der Waals surface area contributed by atoms with Gasteiger partial charge in [0, 0.05) is 30.3 Å². The Kier molecular flexibility index (Phi) is 12.2. The van der Waals surface area contributed by atoms with Crippen molar-refractivity contribution in [3.63, 3.8) is 0 Å². The van der Waals surface area contributed by atoms with Gasteiger partial charge in [-0.25, -0.2) is 31.4 Å². The molecule has 0 fully saturated rings. The Bertz CT molecular complexity index is 2380. The summed E-state index contributed by atoms with van der Waals surface area (Å²) >= 11 is 0. The Hall–Kier alpha value is -5.94. The molecule has 1 aromatic heterocycles. The number of carboxylic acids is 1. The van der Waals surface area contributed by atoms with Gasteiger partial charge in [-0.1, -0.05) is 55.8 Å². The highest BCUT2D eigenvalue weighted by Gasteiger charge is 2.37. The Labute approximate surface area is 311 Å². The zero-order valence-corrected chi connectivity index (χ0v) is 30.0. The van der Waals surface area contributed by atoms with E-state index in [4.69, 9.17) is 4.74 Å². The van der Waals surface area contributed by atoms with Gasteiger partial charge in [0.25, 0.3) is 15.9 Å². The monoisotopic (exact) mass is 784 g/mol. The number of aryl methyl sites for hydroxylation is 1. The maximum absolute atomic E-state index is 16.0. The molecule has 0 saturated carbocycles. The molecule has 5 rings (SSSR count). The van der Waals surface area contributed by atoms with Gasteiger partial charge in [0.05, 0.1) is 27.4 Å². The second kappa shape index (κ2) is 16.6. The summed E-state index contributed by atoms with van der Waals surface area (Å²) in [6, 6.07) is 16.4. The predicted molar refractivity (Wildman–Crippen MR) is 190 cm³/mol. The van der Waals surface area contributed by atoms with Crippen LogP contribution in [-0.4, -0.2) is 54.8 Å². The van der Waals surface area contributed by atoms with Crippen LogP contribution in [0.15, 0.2) is 89.8 Å². The number of sulfonamides is 1. The van der Waals surface area contributed by atoms with E-state index in [-0.39, 0.29) is 40.1 Å². The van der Waals surface area contributed by atoms with Gasteiger partial charge in [-0.3, -0.25) is 9.59 Å². The minimum Gasteiger partial charge on any atom is -0.476 e. The molecule has 0 aliphatic carbocycles. The lowest BCUT2D eigenvalue weighted by Gasteiger charge is -2.16. The molecular weight excluding hydrogens is 751 g/mol. The summed E-state index contributed by atoms with van der Waals surface area (Å²) in [6.07, 6.45) is -4.20. The molecule has 17 heteroatoms. The molecule has 4 aromatic carbocycles. The number of aromatic nitrogens is 2. The summed E-state index contributed by atoms with van der Waals surface area (Å²) in [5.74, 6) is -5.42. The molecule has 0 aliphatic heterocycles. The molecule has 55 heavy (non-hydrogen) atoms. The zero-order chi connectivity index (χ0) is 40.1. The third-order valence-electron chi connectivity index (χ3n) is 8.38. The number of hydrogen-bond donors (Lipinski definition) is 3. The van der Waals surface area contributed by atoms with Crippen molar-refractivity contribution in [3.8, 4) is 16.8 Å². The van der Waals surface area contributed by atoms with Gasteiger partial charge in [-0.05, 0) is 66.4 Å². The van der Waals surface area contributed by atoms with Crippen molar-refractivity contribution < 1.29 is 54.6 Å². The molecule has 0 aliphatic rings. The number of ether oxygens (including phenoxy) is 1. The number of aromatic carboxylic acids is 1. The van der Waals surface area contributed by atoms with Crippen molar-refractivity contribution in [2.75, 3.05) is 19.0 Å². The molecule has 5 aromatic rings. The van der Waals surface area contributed by atoms with E-state index in [9.17, 15) is 45.5 Å². The van der Waals surface area contributed by atoms with E-state index in [1.807, 2.05) is 11.6 Å². The largest absolute Gasteiger partial charge is 0.476 e. The molecule has 3 N–H and O–H groups in total. The summed E-state index contributed by atoms with van der Waals surface area (Å²) < 4.78 is 107. The number of anilines is 1. The number of methoxy groups -OCH3 is 1. The van der Waals surface area contributed by atoms with E-state index in [0.29, 0.717) is 23.6 Å². The van der Waals surface area contributed by atoms with Crippen LogP contribution in [0.1, 0.15) is 63.0 Å². The van der Waals surface area contributed by atoms with Crippen molar-refractivity contribution in [2.45, 2.75) is 43.7 Å². The number of benzene rings is 4. The lowest BCUT2D eigenvalue weighted by molar-refractivity contribution is -0.137. The number of halogens is 5. The second-order valence-electron chi connectivity index (χ2n) is 12.2. The Morgan fingerprint density at radius 3 is 2.29 bits per heavy atom. The van der Waals surface area contributed by atoms with E-state index < -0.39 is 86.0 Å². The molecular formula is C38H33F5N4O7S. The highest BCUT2D eigenvalue weighted by atomic mass is 32.2. The fraction of sp³-hybridized carbons (Fsp3) is 0.211. The van der Waals surface area contributed by atoms with Gasteiger partial charge in [0.2, 0.25) is 5.91 Å². The average Bonchev–Trinajstić information content (AvgIpc) is 3.49. The van der Waals surface area contributed by atoms with Crippen LogP contribution in [0.3, 0.4) is 0 Å². The van der Waals surface area contributed by atoms with Crippen molar-refractivity contribution in [1.82, 2.24) is 14.5 Å². The molecule has 2 amide bonds. The first-order valence-corrected chi connectivity index (χ1v) is 18.1. The Morgan fingerprint density at radius 2 is 1.64 bits per heavy atom. The standard InChI is InChI=1S/C38H33F5N4O7S/c1-3-4-12-31-27(35(37(50)51)47(45-31)32-20-24(44-34(48)21-54-2)16-17-28(32)38(41,42)43)18-23-15-14-22(19-30(23)40)25-9-6-8-13-33(25)55(52,53)46-36(49)26-10-5-7-11-29(26)39/h5-11,13-17,19-20H,3-4,12,18,21H2,1-2H3,(H,44,48)(H,46,49)(H,50,51). The summed E-state index contributed by atoms with van der Waals surface area (Å²) in [5, 5.41) is 17.1. The lowest BCUT2D eigenvalue weighted by atomic mass is 9.97. The van der Waals surface area contributed by atoms with Crippen LogP contribution in [0.4, 0.5) is 27.6 Å². The smallest absolute Gasteiger partial charge is 0.418 e. The predicted octanol–water partition coefficient (Wildman–Crippen LogP) is 7.17. The number of amides is 2. The SMILES string of the molecule is CCCCc1nn(-c2cc(NC(=O)COC)ccc2C(F)(F)F)c(C(=O)O)c1Cc1ccc(-c2ccccc2S(=O)(=O)NC(=O)c2ccccc2F)cc1F. The van der Waals surface area contributed by atoms with E-state index in [1.54, 1.807) is 0 Å². The number of rotatable bonds is 14. The molecule has 0 unspecified atom stereocenters. The van der Waals surface area contributed by atoms with Crippen LogP contribution in [-0.2, 0) is 38.6 Å². The second-order valence-corrected chi connectivity index (χ2v) is 13.8. The Balaban J connectivity index is 1.56. The van der Waals surface area contributed by atoms with Gasteiger partial charge in [-0.15, -0.1) is 0 Å². The van der Waals surface area contributed by atoms with E-state index >= 15 is 4.39 Å². The summed E-state index contributed by atoms with van der Waals surface area (Å²) in [4.78, 5) is 37.2. The van der Waals surface area contributed by atoms with Crippen LogP contribution in [0, 0.1) is 11.6 Å². The number of nitrogens with one attached hydrogen (secondary N) is 2. The molecule has 288 valence electrons. The molecule has 0 bridgehead atoms. The van der Waals surface area contributed by atoms with E-state index in [1.165, 1.54) is 55.6 Å². The van der Waals surface area contributed by atoms with E-state index in [2.05, 4.69) is 10.4 Å². The maximum Gasteiger partial charge on any atom is 0.418 e. The number of hydrogen-bond acceptors (Lipinski definition) is 7. The highest BCUT2D eigenvalue weighted by Crippen LogP contribution is 2.37. The highest BCUT2D eigenvalue weighted by molar-refractivity contribution is 7.90. The third-order valence-corrected chi connectivity index (χ3v) is 9.77. The molecule has 0 spiro atoms. The summed E-state index contributed by atoms with van der Waals surface area (Å²) in [7, 11) is -3.38. The number of unbranched alkanes of at least 4 members (excludes halogenated alkanes) is 1. The lowest BCUT2D eigenvalue weighted by Crippen LogP contribution is -2.31. The average molecular weight is 785 g/mol. The Morgan fingerprint density at radius 1 is 0.927 bits per heavy atom. The third kappa shape index (κ3) is 9.06. The fourth-order valence-corrected chi connectivity index (χ4v) is 7.04. The zero-order valence-electron chi connectivity index (χ0n) is 29.2. The molecule has 1 heterocycles. The topological polar surface area (TPSA) is 157 Å². The fourth-order valence-electron chi connectivity index (χ4n) is 5.84. The number of carboxylic acid groups (broad SMARTS) is 1. The van der Waals surface area contributed by atoms with Gasteiger partial charge in [0.1, 0.15) is 18.2 Å². The first-order chi connectivity index (χ1) is 26.0. The quantitative estimate of drug-likeness (QED) is 0.100. The minimum absolute atomic E-state index is 0.0263. The number of nitrogens with zero attached hydrogens (tertiary/aromatic N) is 2. The van der Waals surface area contributed by atoms with Gasteiger partial charge < -0.3 is 15.2 Å². The first-order valence-electron chi connectivity index (χ1n) is 16.6. The normalized spacial score (nSPS) is 11.7. The maximum atomic E-state index is 16.0. The minimum atomic E-state index is -4.97. The molecule has 0 atom stereocenters. The number of carbonyl (C=O) groups is 3. The molecule has 11 nitrogen and oxygen atoms in total. The summed E-state index contributed by atoms with van der Waals surface area (Å²) in [6.45, 7) is 1.44. The first kappa shape index (κ1) is 40.2. The number of alkyl halides is 3. The van der Waals surface area contributed by atoms with Crippen LogP contribution in [0.2, 0.25) is 0 Å². The van der Waals surface area contributed by atoms with Crippen LogP contribution in [0.25, 0.3) is 16.8 Å². The molecule has 0 saturated heterocycles. The van der Waals surface area contributed by atoms with E-state index in [0.717, 1.165) is 30.3 Å². The van der Waals surface area contributed by atoms with Crippen LogP contribution >= 0.6 is 0 Å². The van der Waals surface area contributed by atoms with Gasteiger partial charge in [-0.2, -0.15) is 18.3 Å². The van der Waals surface area contributed by atoms with Gasteiger partial charge >= 0.3 is 12.1 Å². The summed E-state index contributed by atoms with van der Waals surface area (Å²) in [5.41, 5.74) is -3.24. The van der Waals surface area contributed by atoms with Crippen molar-refractivity contribution in [1.29, 1.82) is 0 Å². The van der Waals surface area contributed by atoms with Crippen molar-refractivity contribution in [3.05, 3.63) is 130 Å². The molecule has 0 radical (unpaired) electrons.